The van der Waals surface area contributed by atoms with Gasteiger partial charge in [0.2, 0.25) is 0 Å². The molecule has 1 rings (SSSR count). The molecule has 15 heavy (non-hydrogen) atoms. The number of hydrogen-bond acceptors (Lipinski definition) is 3. The Morgan fingerprint density at radius 3 is 2.33 bits per heavy atom. The number of rotatable bonds is 2. The molecule has 3 nitrogen and oxygen atoms in total. The summed E-state index contributed by atoms with van der Waals surface area (Å²) < 4.78 is 24.8. The summed E-state index contributed by atoms with van der Waals surface area (Å²) in [6, 6.07) is 6.41. The second kappa shape index (κ2) is 4.37. The molecule has 0 saturated heterocycles. The molecule has 0 aliphatic heterocycles. The van der Waals surface area contributed by atoms with Gasteiger partial charge in [0.1, 0.15) is 5.75 Å². The van der Waals surface area contributed by atoms with Crippen molar-refractivity contribution in [3.05, 3.63) is 29.8 Å². The Hall–Kier alpha value is -0.160. The first-order valence-corrected chi connectivity index (χ1v) is 6.34. The van der Waals surface area contributed by atoms with Crippen LogP contribution in [-0.4, -0.2) is 11.5 Å². The molecule has 1 aromatic carbocycles. The molecule has 0 aliphatic carbocycles. The monoisotopic (exact) mass is 288 g/mol. The molecule has 7 heteroatoms. The molecule has 0 bridgehead atoms. The van der Waals surface area contributed by atoms with Crippen molar-refractivity contribution in [2.75, 3.05) is 0 Å². The fraction of sp³-hybridized carbons (Fsp3) is 0.250. The smallest absolute Gasteiger partial charge is 0.358 e. The van der Waals surface area contributed by atoms with Gasteiger partial charge in [-0.2, -0.15) is 8.42 Å². The summed E-state index contributed by atoms with van der Waals surface area (Å²) in [6.45, 7) is 1.79. The summed E-state index contributed by atoms with van der Waals surface area (Å²) in [5, 5.41) is 0. The first-order valence-electron chi connectivity index (χ1n) is 3.80. The van der Waals surface area contributed by atoms with Gasteiger partial charge in [0.15, 0.2) is 0 Å². The lowest BCUT2D eigenvalue weighted by Crippen LogP contribution is -2.24. The summed E-state index contributed by atoms with van der Waals surface area (Å²) in [4.78, 5) is 0. The van der Waals surface area contributed by atoms with E-state index in [0.29, 0.717) is 0 Å². The molecule has 0 atom stereocenters. The normalized spacial score (nSPS) is 12.5. The molecule has 0 saturated carbocycles. The average molecular weight is 290 g/mol. The molecular weight excluding hydrogens is 283 g/mol. The number of alkyl halides is 3. The van der Waals surface area contributed by atoms with E-state index in [-0.39, 0.29) is 5.75 Å². The predicted octanol–water partition coefficient (Wildman–Crippen LogP) is 3.03. The maximum absolute atomic E-state index is 11.3. The Labute approximate surface area is 103 Å². The van der Waals surface area contributed by atoms with E-state index in [2.05, 4.69) is 4.18 Å². The quantitative estimate of drug-likeness (QED) is 0.621. The van der Waals surface area contributed by atoms with Crippen LogP contribution in [0.5, 0.6) is 5.75 Å². The number of hydrogen-bond donors (Lipinski definition) is 0. The molecule has 0 fully saturated rings. The summed E-state index contributed by atoms with van der Waals surface area (Å²) in [5.41, 5.74) is 0.840. The van der Waals surface area contributed by atoms with Crippen molar-refractivity contribution in [2.24, 2.45) is 0 Å². The zero-order valence-electron chi connectivity index (χ0n) is 7.58. The van der Waals surface area contributed by atoms with E-state index in [1.807, 2.05) is 0 Å². The Morgan fingerprint density at radius 1 is 1.27 bits per heavy atom. The zero-order chi connectivity index (χ0) is 11.7. The summed E-state index contributed by atoms with van der Waals surface area (Å²) in [6.07, 6.45) is 0. The standard InChI is InChI=1S/C8H7Cl3O3S/c1-6-3-2-4-7(5-6)14-15(12,13)8(9,10)11/h2-5H,1H3. The van der Waals surface area contributed by atoms with Crippen molar-refractivity contribution in [3.63, 3.8) is 0 Å². The minimum Gasteiger partial charge on any atom is -0.379 e. The van der Waals surface area contributed by atoms with Crippen LogP contribution in [0.2, 0.25) is 0 Å². The molecule has 0 aliphatic rings. The molecule has 84 valence electrons. The predicted molar refractivity (Wildman–Crippen MR) is 61.0 cm³/mol. The third-order valence-electron chi connectivity index (χ3n) is 1.48. The molecule has 0 spiro atoms. The summed E-state index contributed by atoms with van der Waals surface area (Å²) in [7, 11) is -4.27. The molecule has 1 aromatic rings. The van der Waals surface area contributed by atoms with Gasteiger partial charge in [0, 0.05) is 0 Å². The van der Waals surface area contributed by atoms with Gasteiger partial charge in [0.05, 0.1) is 0 Å². The van der Waals surface area contributed by atoms with E-state index in [0.717, 1.165) is 5.56 Å². The Kier molecular flexibility index (Phi) is 3.76. The number of aryl methyl sites for hydroxylation is 1. The van der Waals surface area contributed by atoms with Gasteiger partial charge in [-0.25, -0.2) is 0 Å². The van der Waals surface area contributed by atoms with E-state index in [4.69, 9.17) is 34.8 Å². The maximum atomic E-state index is 11.3. The van der Waals surface area contributed by atoms with E-state index < -0.39 is 13.2 Å². The van der Waals surface area contributed by atoms with Gasteiger partial charge >= 0.3 is 13.2 Å². The molecule has 0 amide bonds. The second-order valence-electron chi connectivity index (χ2n) is 2.80. The van der Waals surface area contributed by atoms with Gasteiger partial charge in [-0.3, -0.25) is 0 Å². The Bertz CT molecular complexity index is 450. The van der Waals surface area contributed by atoms with E-state index in [1.54, 1.807) is 19.1 Å². The van der Waals surface area contributed by atoms with E-state index in [1.165, 1.54) is 12.1 Å². The van der Waals surface area contributed by atoms with Crippen LogP contribution in [0.25, 0.3) is 0 Å². The highest BCUT2D eigenvalue weighted by molar-refractivity contribution is 7.93. The van der Waals surface area contributed by atoms with E-state index >= 15 is 0 Å². The molecule has 0 radical (unpaired) electrons. The lowest BCUT2D eigenvalue weighted by Gasteiger charge is -2.12. The molecule has 0 unspecified atom stereocenters. The minimum absolute atomic E-state index is 0.112. The first kappa shape index (κ1) is 12.9. The number of halogens is 3. The lowest BCUT2D eigenvalue weighted by molar-refractivity contribution is 0.486. The van der Waals surface area contributed by atoms with Crippen molar-refractivity contribution < 1.29 is 12.6 Å². The topological polar surface area (TPSA) is 43.4 Å². The van der Waals surface area contributed by atoms with E-state index in [9.17, 15) is 8.42 Å². The maximum Gasteiger partial charge on any atom is 0.358 e. The van der Waals surface area contributed by atoms with Gasteiger partial charge in [-0.1, -0.05) is 46.9 Å². The molecule has 0 N–H and O–H groups in total. The van der Waals surface area contributed by atoms with Crippen molar-refractivity contribution >= 4 is 44.9 Å². The van der Waals surface area contributed by atoms with Gasteiger partial charge in [-0.15, -0.1) is 0 Å². The lowest BCUT2D eigenvalue weighted by atomic mass is 10.2. The Balaban J connectivity index is 2.98. The SMILES string of the molecule is Cc1cccc(OS(=O)(=O)C(Cl)(Cl)Cl)c1. The molecule has 0 aromatic heterocycles. The van der Waals surface area contributed by atoms with Gasteiger partial charge in [-0.05, 0) is 24.6 Å². The van der Waals surface area contributed by atoms with Crippen LogP contribution < -0.4 is 4.18 Å². The molecular formula is C8H7Cl3O3S. The highest BCUT2D eigenvalue weighted by Gasteiger charge is 2.40. The second-order valence-corrected chi connectivity index (χ2v) is 7.44. The van der Waals surface area contributed by atoms with Crippen LogP contribution in [0, 0.1) is 6.92 Å². The first-order chi connectivity index (χ1) is 6.72. The zero-order valence-corrected chi connectivity index (χ0v) is 10.7. The fourth-order valence-electron chi connectivity index (χ4n) is 0.841. The fourth-order valence-corrected chi connectivity index (χ4v) is 1.58. The highest BCUT2D eigenvalue weighted by Crippen LogP contribution is 2.34. The largest absolute Gasteiger partial charge is 0.379 e. The van der Waals surface area contributed by atoms with Crippen molar-refractivity contribution in [1.82, 2.24) is 0 Å². The van der Waals surface area contributed by atoms with Crippen LogP contribution in [0.15, 0.2) is 24.3 Å². The number of benzene rings is 1. The highest BCUT2D eigenvalue weighted by atomic mass is 35.6. The van der Waals surface area contributed by atoms with Crippen LogP contribution in [-0.2, 0) is 10.1 Å². The summed E-state index contributed by atoms with van der Waals surface area (Å²) in [5.74, 6) is 0.112. The Morgan fingerprint density at radius 2 is 1.87 bits per heavy atom. The van der Waals surface area contributed by atoms with Crippen LogP contribution >= 0.6 is 34.8 Å². The van der Waals surface area contributed by atoms with Crippen molar-refractivity contribution in [3.8, 4) is 5.75 Å². The van der Waals surface area contributed by atoms with Crippen LogP contribution in [0.4, 0.5) is 0 Å². The minimum atomic E-state index is -4.27. The van der Waals surface area contributed by atoms with Crippen LogP contribution in [0.1, 0.15) is 5.56 Å². The third-order valence-corrected chi connectivity index (χ3v) is 4.16. The van der Waals surface area contributed by atoms with Crippen molar-refractivity contribution in [2.45, 2.75) is 10.0 Å². The molecule has 0 heterocycles. The van der Waals surface area contributed by atoms with Gasteiger partial charge in [0.25, 0.3) is 0 Å². The van der Waals surface area contributed by atoms with Gasteiger partial charge < -0.3 is 4.18 Å². The third kappa shape index (κ3) is 3.41. The summed E-state index contributed by atoms with van der Waals surface area (Å²) >= 11 is 15.7. The average Bonchev–Trinajstić information content (AvgIpc) is 2.00. The van der Waals surface area contributed by atoms with Crippen molar-refractivity contribution in [1.29, 1.82) is 0 Å². The van der Waals surface area contributed by atoms with Crippen LogP contribution in [0.3, 0.4) is 0 Å².